The smallest absolute Gasteiger partial charge is 0.328 e. The fourth-order valence-corrected chi connectivity index (χ4v) is 4.85. The van der Waals surface area contributed by atoms with Crippen molar-refractivity contribution in [1.82, 2.24) is 24.9 Å². The molecule has 0 spiro atoms. The first-order valence-electron chi connectivity index (χ1n) is 13.1. The molecular weight excluding hydrogens is 586 g/mol. The van der Waals surface area contributed by atoms with Gasteiger partial charge in [0.15, 0.2) is 0 Å². The van der Waals surface area contributed by atoms with Crippen LogP contribution in [-0.2, 0) is 10.0 Å². The largest absolute Gasteiger partial charge is 0.495 e. The molecule has 0 fully saturated rings. The zero-order valence-electron chi connectivity index (χ0n) is 23.8. The summed E-state index contributed by atoms with van der Waals surface area (Å²) in [7, 11) is -2.46. The van der Waals surface area contributed by atoms with Crippen LogP contribution >= 0.6 is 0 Å². The van der Waals surface area contributed by atoms with Gasteiger partial charge in [-0.2, -0.15) is 15.0 Å². The molecule has 44 heavy (non-hydrogen) atoms. The molecule has 14 nitrogen and oxygen atoms in total. The van der Waals surface area contributed by atoms with Gasteiger partial charge in [-0.25, -0.2) is 27.9 Å². The SMILES string of the molecule is COc1ccccc1NC(=O)Nc1nc(Nc2ccc(S(=O)(=O)Nc3nc(C)cc(C)n3)cc2)nc(Oc2ccccc2)n1. The van der Waals surface area contributed by atoms with Gasteiger partial charge in [-0.3, -0.25) is 5.32 Å². The number of amides is 2. The van der Waals surface area contributed by atoms with Gasteiger partial charge in [-0.15, -0.1) is 0 Å². The van der Waals surface area contributed by atoms with Gasteiger partial charge in [-0.05, 0) is 68.4 Å². The highest BCUT2D eigenvalue weighted by molar-refractivity contribution is 7.92. The van der Waals surface area contributed by atoms with Crippen LogP contribution in [0.2, 0.25) is 0 Å². The van der Waals surface area contributed by atoms with Gasteiger partial charge in [0.25, 0.3) is 10.0 Å². The lowest BCUT2D eigenvalue weighted by Gasteiger charge is -2.12. The van der Waals surface area contributed by atoms with E-state index in [1.54, 1.807) is 68.4 Å². The van der Waals surface area contributed by atoms with Crippen LogP contribution in [0.5, 0.6) is 17.5 Å². The molecule has 0 aliphatic heterocycles. The molecule has 3 aromatic carbocycles. The molecule has 0 unspecified atom stereocenters. The maximum Gasteiger partial charge on any atom is 0.328 e. The molecule has 15 heteroatoms. The number of hydrogen-bond donors (Lipinski definition) is 4. The second-order valence-electron chi connectivity index (χ2n) is 9.19. The highest BCUT2D eigenvalue weighted by atomic mass is 32.2. The number of hydrogen-bond acceptors (Lipinski definition) is 11. The third-order valence-corrected chi connectivity index (χ3v) is 7.12. The second kappa shape index (κ2) is 13.0. The zero-order chi connectivity index (χ0) is 31.1. The molecule has 224 valence electrons. The van der Waals surface area contributed by atoms with Gasteiger partial charge in [0.1, 0.15) is 11.5 Å². The Morgan fingerprint density at radius 2 is 1.39 bits per heavy atom. The molecule has 0 aliphatic carbocycles. The van der Waals surface area contributed by atoms with E-state index in [1.807, 2.05) is 6.07 Å². The van der Waals surface area contributed by atoms with Crippen molar-refractivity contribution in [3.8, 4) is 17.5 Å². The van der Waals surface area contributed by atoms with E-state index in [-0.39, 0.29) is 28.8 Å². The summed E-state index contributed by atoms with van der Waals surface area (Å²) in [6, 6.07) is 22.6. The molecule has 2 heterocycles. The average molecular weight is 614 g/mol. The predicted molar refractivity (Wildman–Crippen MR) is 164 cm³/mol. The topological polar surface area (TPSA) is 182 Å². The predicted octanol–water partition coefficient (Wildman–Crippen LogP) is 5.27. The lowest BCUT2D eigenvalue weighted by molar-refractivity contribution is 0.262. The number of nitrogens with one attached hydrogen (secondary N) is 4. The maximum atomic E-state index is 12.9. The Morgan fingerprint density at radius 1 is 0.727 bits per heavy atom. The number of ether oxygens (including phenoxy) is 2. The number of methoxy groups -OCH3 is 1. The minimum atomic E-state index is -3.96. The number of rotatable bonds is 10. The van der Waals surface area contributed by atoms with E-state index in [9.17, 15) is 13.2 Å². The fraction of sp³-hybridized carbons (Fsp3) is 0.103. The monoisotopic (exact) mass is 613 g/mol. The van der Waals surface area contributed by atoms with E-state index in [0.29, 0.717) is 34.3 Å². The summed E-state index contributed by atoms with van der Waals surface area (Å²) < 4.78 is 39.3. The van der Waals surface area contributed by atoms with Crippen molar-refractivity contribution in [1.29, 1.82) is 0 Å². The number of benzene rings is 3. The third-order valence-electron chi connectivity index (χ3n) is 5.78. The van der Waals surface area contributed by atoms with E-state index < -0.39 is 16.1 Å². The molecule has 5 rings (SSSR count). The number of aromatic nitrogens is 5. The van der Waals surface area contributed by atoms with E-state index in [1.165, 1.54) is 31.4 Å². The summed E-state index contributed by atoms with van der Waals surface area (Å²) >= 11 is 0. The summed E-state index contributed by atoms with van der Waals surface area (Å²) in [5.41, 5.74) is 2.16. The molecule has 0 saturated carbocycles. The van der Waals surface area contributed by atoms with E-state index in [0.717, 1.165) is 0 Å². The number of sulfonamides is 1. The molecule has 0 aliphatic rings. The van der Waals surface area contributed by atoms with E-state index in [4.69, 9.17) is 9.47 Å². The van der Waals surface area contributed by atoms with Crippen LogP contribution in [0, 0.1) is 13.8 Å². The Balaban J connectivity index is 1.35. The molecule has 2 amide bonds. The zero-order valence-corrected chi connectivity index (χ0v) is 24.6. The minimum Gasteiger partial charge on any atom is -0.495 e. The van der Waals surface area contributed by atoms with Crippen molar-refractivity contribution in [2.24, 2.45) is 0 Å². The Morgan fingerprint density at radius 3 is 2.09 bits per heavy atom. The maximum absolute atomic E-state index is 12.9. The van der Waals surface area contributed by atoms with Crippen LogP contribution in [0.4, 0.5) is 34.0 Å². The number of carbonyl (C=O) groups is 1. The normalized spacial score (nSPS) is 10.9. The van der Waals surface area contributed by atoms with Crippen molar-refractivity contribution in [2.45, 2.75) is 18.7 Å². The standard InChI is InChI=1S/C29H27N9O5S/c1-18-17-19(2)31-27(30-18)38-44(40,41)22-15-13-20(14-16-22)32-25-34-26(37-29(36-25)43-21-9-5-4-6-10-21)35-28(39)33-23-11-7-8-12-24(23)42-3/h4-17H,1-3H3,(H,30,31,38)(H3,32,33,34,35,36,37,39). The van der Waals surface area contributed by atoms with Gasteiger partial charge in [-0.1, -0.05) is 30.3 Å². The molecule has 0 radical (unpaired) electrons. The number of urea groups is 1. The van der Waals surface area contributed by atoms with Crippen molar-refractivity contribution >= 4 is 45.3 Å². The lowest BCUT2D eigenvalue weighted by Crippen LogP contribution is -2.21. The Bertz CT molecular complexity index is 1870. The van der Waals surface area contributed by atoms with Gasteiger partial charge >= 0.3 is 12.0 Å². The molecule has 5 aromatic rings. The molecule has 2 aromatic heterocycles. The number of nitrogens with zero attached hydrogens (tertiary/aromatic N) is 5. The van der Waals surface area contributed by atoms with Crippen LogP contribution in [0.3, 0.4) is 0 Å². The van der Waals surface area contributed by atoms with Gasteiger partial charge in [0, 0.05) is 17.1 Å². The summed E-state index contributed by atoms with van der Waals surface area (Å²) in [6.07, 6.45) is 0. The van der Waals surface area contributed by atoms with E-state index in [2.05, 4.69) is 45.6 Å². The summed E-state index contributed by atoms with van der Waals surface area (Å²) in [5.74, 6) is 0.823. The van der Waals surface area contributed by atoms with Crippen molar-refractivity contribution in [3.63, 3.8) is 0 Å². The van der Waals surface area contributed by atoms with Crippen LogP contribution in [0.1, 0.15) is 11.4 Å². The number of carbonyl (C=O) groups excluding carboxylic acids is 1. The first-order chi connectivity index (χ1) is 21.2. The molecule has 4 N–H and O–H groups in total. The minimum absolute atomic E-state index is 0.00933. The highest BCUT2D eigenvalue weighted by Gasteiger charge is 2.17. The molecule has 0 bridgehead atoms. The van der Waals surface area contributed by atoms with Gasteiger partial charge in [0.05, 0.1) is 17.7 Å². The Hall–Kier alpha value is -5.83. The quantitative estimate of drug-likeness (QED) is 0.161. The van der Waals surface area contributed by atoms with Crippen molar-refractivity contribution in [3.05, 3.63) is 96.3 Å². The first kappa shape index (κ1) is 29.7. The summed E-state index contributed by atoms with van der Waals surface area (Å²) in [6.45, 7) is 3.50. The molecule has 0 atom stereocenters. The fourth-order valence-electron chi connectivity index (χ4n) is 3.91. The van der Waals surface area contributed by atoms with Gasteiger partial charge in [0.2, 0.25) is 17.8 Å². The van der Waals surface area contributed by atoms with Crippen LogP contribution in [0.25, 0.3) is 0 Å². The Labute approximate surface area is 253 Å². The van der Waals surface area contributed by atoms with Crippen LogP contribution in [0.15, 0.2) is 89.8 Å². The highest BCUT2D eigenvalue weighted by Crippen LogP contribution is 2.25. The molecule has 0 saturated heterocycles. The van der Waals surface area contributed by atoms with Gasteiger partial charge < -0.3 is 20.1 Å². The summed E-state index contributed by atoms with van der Waals surface area (Å²) in [4.78, 5) is 33.8. The van der Waals surface area contributed by atoms with E-state index >= 15 is 0 Å². The second-order valence-corrected chi connectivity index (χ2v) is 10.9. The third kappa shape index (κ3) is 7.71. The molecular formula is C29H27N9O5S. The van der Waals surface area contributed by atoms with Crippen LogP contribution in [-0.4, -0.2) is 46.5 Å². The number of anilines is 5. The first-order valence-corrected chi connectivity index (χ1v) is 14.6. The van der Waals surface area contributed by atoms with Crippen molar-refractivity contribution < 1.29 is 22.7 Å². The number of aryl methyl sites for hydroxylation is 2. The Kier molecular flexibility index (Phi) is 8.76. The number of para-hydroxylation sites is 3. The van der Waals surface area contributed by atoms with Crippen LogP contribution < -0.4 is 30.1 Å². The lowest BCUT2D eigenvalue weighted by atomic mass is 10.3. The summed E-state index contributed by atoms with van der Waals surface area (Å²) in [5, 5.41) is 8.23. The van der Waals surface area contributed by atoms with Crippen molar-refractivity contribution in [2.75, 3.05) is 27.8 Å². The average Bonchev–Trinajstić information content (AvgIpc) is 2.97.